The first-order valence-electron chi connectivity index (χ1n) is 10.8. The first-order valence-corrected chi connectivity index (χ1v) is 12.3. The molecule has 3 rings (SSSR count). The van der Waals surface area contributed by atoms with Crippen molar-refractivity contribution < 1.29 is 27.8 Å². The van der Waals surface area contributed by atoms with Crippen LogP contribution in [0.5, 0.6) is 17.2 Å². The molecule has 1 amide bonds. The Morgan fingerprint density at radius 1 is 1.03 bits per heavy atom. The maximum atomic E-state index is 12.9. The molecule has 0 saturated carbocycles. The van der Waals surface area contributed by atoms with Gasteiger partial charge in [0, 0.05) is 23.7 Å². The number of carbonyl (C=O) groups is 1. The molecule has 0 atom stereocenters. The summed E-state index contributed by atoms with van der Waals surface area (Å²) in [7, 11) is -1.24. The molecule has 0 unspecified atom stereocenters. The van der Waals surface area contributed by atoms with Crippen molar-refractivity contribution in [3.8, 4) is 17.2 Å². The second kappa shape index (κ2) is 11.0. The van der Waals surface area contributed by atoms with Crippen LogP contribution < -0.4 is 25.2 Å². The summed E-state index contributed by atoms with van der Waals surface area (Å²) in [6.07, 6.45) is -0.158. The van der Waals surface area contributed by atoms with Crippen LogP contribution in [0.25, 0.3) is 0 Å². The topological polar surface area (TPSA) is 164 Å². The van der Waals surface area contributed by atoms with Crippen molar-refractivity contribution in [2.45, 2.75) is 24.8 Å². The Kier molecular flexibility index (Phi) is 8.05. The van der Waals surface area contributed by atoms with Crippen molar-refractivity contribution in [1.29, 1.82) is 5.41 Å². The smallest absolute Gasteiger partial charge is 0.262 e. The maximum Gasteiger partial charge on any atom is 0.262 e. The zero-order chi connectivity index (χ0) is 26.5. The van der Waals surface area contributed by atoms with Crippen molar-refractivity contribution in [3.63, 3.8) is 0 Å². The third-order valence-corrected chi connectivity index (χ3v) is 6.88. The Morgan fingerprint density at radius 3 is 2.31 bits per heavy atom. The standard InChI is InChI=1S/C25H28N4O6S/c1-15-4-10-20(29-36(32,33)18-9-11-21(34-2)22(12-18)35-3)24(31)19(15)13-23(30)28-14-16-5-7-17(8-6-16)25(26)27/h4-12,29,31H,13-14H2,1-3H3,(H3,26,27)(H,28,30). The van der Waals surface area contributed by atoms with E-state index in [2.05, 4.69) is 10.0 Å². The molecular weight excluding hydrogens is 484 g/mol. The van der Waals surface area contributed by atoms with Gasteiger partial charge < -0.3 is 25.6 Å². The number of nitrogens with two attached hydrogens (primary N) is 1. The number of amides is 1. The van der Waals surface area contributed by atoms with Crippen molar-refractivity contribution in [1.82, 2.24) is 5.32 Å². The molecule has 11 heteroatoms. The highest BCUT2D eigenvalue weighted by molar-refractivity contribution is 7.92. The van der Waals surface area contributed by atoms with Gasteiger partial charge in [-0.15, -0.1) is 0 Å². The number of phenolic OH excluding ortho intramolecular Hbond substituents is 1. The highest BCUT2D eigenvalue weighted by atomic mass is 32.2. The number of aromatic hydroxyl groups is 1. The van der Waals surface area contributed by atoms with Gasteiger partial charge in [0.25, 0.3) is 10.0 Å². The van der Waals surface area contributed by atoms with E-state index < -0.39 is 10.0 Å². The number of carbonyl (C=O) groups excluding carboxylic acids is 1. The molecule has 10 nitrogen and oxygen atoms in total. The average Bonchev–Trinajstić information content (AvgIpc) is 2.86. The predicted molar refractivity (Wildman–Crippen MR) is 136 cm³/mol. The number of aryl methyl sites for hydroxylation is 1. The van der Waals surface area contributed by atoms with Gasteiger partial charge >= 0.3 is 0 Å². The molecule has 3 aromatic carbocycles. The van der Waals surface area contributed by atoms with Crippen molar-refractivity contribution in [2.75, 3.05) is 18.9 Å². The van der Waals surface area contributed by atoms with Crippen LogP contribution in [0, 0.1) is 12.3 Å². The Bertz CT molecular complexity index is 1390. The van der Waals surface area contributed by atoms with Crippen LogP contribution in [0.1, 0.15) is 22.3 Å². The number of nitrogens with one attached hydrogen (secondary N) is 3. The van der Waals surface area contributed by atoms with Gasteiger partial charge in [-0.2, -0.15) is 0 Å². The first kappa shape index (κ1) is 26.4. The van der Waals surface area contributed by atoms with Gasteiger partial charge in [0.2, 0.25) is 5.91 Å². The van der Waals surface area contributed by atoms with Gasteiger partial charge in [0.05, 0.1) is 31.2 Å². The summed E-state index contributed by atoms with van der Waals surface area (Å²) in [5.41, 5.74) is 7.71. The van der Waals surface area contributed by atoms with Crippen LogP contribution >= 0.6 is 0 Å². The van der Waals surface area contributed by atoms with Gasteiger partial charge in [0.15, 0.2) is 11.5 Å². The average molecular weight is 513 g/mol. The van der Waals surface area contributed by atoms with E-state index in [4.69, 9.17) is 20.6 Å². The lowest BCUT2D eigenvalue weighted by Gasteiger charge is -2.15. The number of sulfonamides is 1. The molecule has 0 fully saturated rings. The second-order valence-electron chi connectivity index (χ2n) is 7.94. The number of rotatable bonds is 10. The third-order valence-electron chi connectivity index (χ3n) is 5.52. The van der Waals surface area contributed by atoms with Gasteiger partial charge in [-0.1, -0.05) is 30.3 Å². The summed E-state index contributed by atoms with van der Waals surface area (Å²) >= 11 is 0. The molecule has 0 aliphatic carbocycles. The molecule has 0 saturated heterocycles. The van der Waals surface area contributed by atoms with E-state index in [1.54, 1.807) is 37.3 Å². The fourth-order valence-electron chi connectivity index (χ4n) is 3.46. The third kappa shape index (κ3) is 6.05. The van der Waals surface area contributed by atoms with Crippen LogP contribution in [-0.2, 0) is 27.8 Å². The second-order valence-corrected chi connectivity index (χ2v) is 9.63. The summed E-state index contributed by atoms with van der Waals surface area (Å²) < 4.78 is 38.6. The molecule has 0 spiro atoms. The Labute approximate surface area is 209 Å². The number of phenols is 1. The number of nitrogen functional groups attached to an aromatic ring is 1. The van der Waals surface area contributed by atoms with Gasteiger partial charge in [-0.25, -0.2) is 8.42 Å². The van der Waals surface area contributed by atoms with E-state index >= 15 is 0 Å². The van der Waals surface area contributed by atoms with Crippen molar-refractivity contribution in [2.24, 2.45) is 5.73 Å². The Balaban J connectivity index is 1.75. The van der Waals surface area contributed by atoms with Gasteiger partial charge in [0.1, 0.15) is 11.6 Å². The Hall–Kier alpha value is -4.25. The summed E-state index contributed by atoms with van der Waals surface area (Å²) in [6.45, 7) is 1.96. The predicted octanol–water partition coefficient (Wildman–Crippen LogP) is 2.66. The summed E-state index contributed by atoms with van der Waals surface area (Å²) in [4.78, 5) is 12.5. The SMILES string of the molecule is COc1ccc(S(=O)(=O)Nc2ccc(C)c(CC(=O)NCc3ccc(C(=N)N)cc3)c2O)cc1OC. The molecule has 0 radical (unpaired) electrons. The normalized spacial score (nSPS) is 11.0. The fourth-order valence-corrected chi connectivity index (χ4v) is 4.54. The van der Waals surface area contributed by atoms with Crippen LogP contribution in [-0.4, -0.2) is 39.5 Å². The molecule has 190 valence electrons. The van der Waals surface area contributed by atoms with Crippen molar-refractivity contribution in [3.05, 3.63) is 76.9 Å². The van der Waals surface area contributed by atoms with E-state index in [0.717, 1.165) is 5.56 Å². The lowest BCUT2D eigenvalue weighted by molar-refractivity contribution is -0.120. The number of hydrogen-bond acceptors (Lipinski definition) is 7. The zero-order valence-corrected chi connectivity index (χ0v) is 20.9. The van der Waals surface area contributed by atoms with Crippen LogP contribution in [0.4, 0.5) is 5.69 Å². The highest BCUT2D eigenvalue weighted by Gasteiger charge is 2.21. The summed E-state index contributed by atoms with van der Waals surface area (Å²) in [6, 6.07) is 14.1. The van der Waals surface area contributed by atoms with Crippen LogP contribution in [0.3, 0.4) is 0 Å². The monoisotopic (exact) mass is 512 g/mol. The van der Waals surface area contributed by atoms with E-state index in [0.29, 0.717) is 22.4 Å². The summed E-state index contributed by atoms with van der Waals surface area (Å²) in [5.74, 6) is -0.123. The number of amidine groups is 1. The van der Waals surface area contributed by atoms with E-state index in [1.165, 1.54) is 38.5 Å². The minimum Gasteiger partial charge on any atom is -0.505 e. The van der Waals surface area contributed by atoms with Crippen LogP contribution in [0.15, 0.2) is 59.5 Å². The van der Waals surface area contributed by atoms with E-state index in [9.17, 15) is 18.3 Å². The molecule has 36 heavy (non-hydrogen) atoms. The maximum absolute atomic E-state index is 12.9. The molecule has 6 N–H and O–H groups in total. The first-order chi connectivity index (χ1) is 17.1. The lowest BCUT2D eigenvalue weighted by Crippen LogP contribution is -2.25. The molecule has 0 aliphatic heterocycles. The number of ether oxygens (including phenoxy) is 2. The molecule has 0 aromatic heterocycles. The lowest BCUT2D eigenvalue weighted by atomic mass is 10.0. The van der Waals surface area contributed by atoms with E-state index in [-0.39, 0.29) is 46.8 Å². The highest BCUT2D eigenvalue weighted by Crippen LogP contribution is 2.34. The minimum absolute atomic E-state index is 0.0434. The van der Waals surface area contributed by atoms with Crippen molar-refractivity contribution >= 4 is 27.5 Å². The van der Waals surface area contributed by atoms with Crippen LogP contribution in [0.2, 0.25) is 0 Å². The molecular formula is C25H28N4O6S. The minimum atomic E-state index is -4.08. The number of benzene rings is 3. The number of hydrogen-bond donors (Lipinski definition) is 5. The summed E-state index contributed by atoms with van der Waals surface area (Å²) in [5, 5.41) is 21.0. The number of methoxy groups -OCH3 is 2. The van der Waals surface area contributed by atoms with E-state index in [1.807, 2.05) is 0 Å². The Morgan fingerprint density at radius 2 is 1.69 bits per heavy atom. The molecule has 0 bridgehead atoms. The molecule has 0 aliphatic rings. The molecule has 3 aromatic rings. The van der Waals surface area contributed by atoms with Gasteiger partial charge in [-0.05, 0) is 36.2 Å². The quantitative estimate of drug-likeness (QED) is 0.158. The largest absolute Gasteiger partial charge is 0.505 e. The molecule has 0 heterocycles. The zero-order valence-electron chi connectivity index (χ0n) is 20.1. The van der Waals surface area contributed by atoms with Gasteiger partial charge in [-0.3, -0.25) is 14.9 Å². The fraction of sp³-hybridized carbons (Fsp3) is 0.200. The number of anilines is 1.